The Morgan fingerprint density at radius 1 is 1.11 bits per heavy atom. The number of halogens is 3. The quantitative estimate of drug-likeness (QED) is 0.385. The molecule has 0 fully saturated rings. The van der Waals surface area contributed by atoms with Crippen LogP contribution in [0.4, 0.5) is 4.39 Å². The second-order valence-electron chi connectivity index (χ2n) is 5.81. The first-order valence-electron chi connectivity index (χ1n) is 8.27. The molecule has 0 heterocycles. The van der Waals surface area contributed by atoms with Crippen molar-refractivity contribution >= 4 is 39.7 Å². The lowest BCUT2D eigenvalue weighted by Gasteiger charge is -2.09. The first-order chi connectivity index (χ1) is 13.5. The Labute approximate surface area is 175 Å². The van der Waals surface area contributed by atoms with E-state index < -0.39 is 0 Å². The van der Waals surface area contributed by atoms with Crippen LogP contribution in [0.25, 0.3) is 0 Å². The standard InChI is InChI=1S/C21H15BrClFN2O2/c22-19-11-15(12-25-26-21(27)16-4-6-17(23)7-5-16)3-10-20(19)28-13-14-1-8-18(24)9-2-14/h1-12H,13H2,(H,26,27)/b25-12-. The molecule has 1 amide bonds. The smallest absolute Gasteiger partial charge is 0.271 e. The first kappa shape index (κ1) is 20.0. The lowest BCUT2D eigenvalue weighted by molar-refractivity contribution is 0.0955. The van der Waals surface area contributed by atoms with Gasteiger partial charge in [-0.2, -0.15) is 5.10 Å². The van der Waals surface area contributed by atoms with Crippen molar-refractivity contribution in [1.82, 2.24) is 5.43 Å². The van der Waals surface area contributed by atoms with E-state index >= 15 is 0 Å². The van der Waals surface area contributed by atoms with Crippen molar-refractivity contribution in [2.75, 3.05) is 0 Å². The van der Waals surface area contributed by atoms with Gasteiger partial charge < -0.3 is 4.74 Å². The summed E-state index contributed by atoms with van der Waals surface area (Å²) in [5, 5.41) is 4.52. The van der Waals surface area contributed by atoms with Crippen LogP contribution < -0.4 is 10.2 Å². The highest BCUT2D eigenvalue weighted by molar-refractivity contribution is 9.10. The van der Waals surface area contributed by atoms with Gasteiger partial charge in [-0.3, -0.25) is 4.79 Å². The van der Waals surface area contributed by atoms with E-state index in [0.29, 0.717) is 22.9 Å². The molecule has 0 spiro atoms. The van der Waals surface area contributed by atoms with Crippen LogP contribution in [0, 0.1) is 5.82 Å². The van der Waals surface area contributed by atoms with Gasteiger partial charge in [-0.05, 0) is 81.7 Å². The zero-order chi connectivity index (χ0) is 19.9. The maximum absolute atomic E-state index is 12.9. The van der Waals surface area contributed by atoms with E-state index in [1.54, 1.807) is 42.5 Å². The van der Waals surface area contributed by atoms with Gasteiger partial charge in [-0.25, -0.2) is 9.82 Å². The van der Waals surface area contributed by atoms with Crippen molar-refractivity contribution in [3.63, 3.8) is 0 Å². The molecule has 0 unspecified atom stereocenters. The molecule has 0 radical (unpaired) electrons. The van der Waals surface area contributed by atoms with Gasteiger partial charge in [0.25, 0.3) is 5.91 Å². The molecule has 0 aliphatic carbocycles. The molecule has 28 heavy (non-hydrogen) atoms. The highest BCUT2D eigenvalue weighted by Gasteiger charge is 2.05. The van der Waals surface area contributed by atoms with Crippen molar-refractivity contribution in [3.05, 3.63) is 98.7 Å². The number of hydrazone groups is 1. The molecular formula is C21H15BrClFN2O2. The Balaban J connectivity index is 1.57. The van der Waals surface area contributed by atoms with Crippen LogP contribution in [-0.4, -0.2) is 12.1 Å². The molecule has 1 N–H and O–H groups in total. The van der Waals surface area contributed by atoms with E-state index in [4.69, 9.17) is 16.3 Å². The molecular weight excluding hydrogens is 447 g/mol. The summed E-state index contributed by atoms with van der Waals surface area (Å²) in [6.07, 6.45) is 1.53. The minimum atomic E-state index is -0.328. The predicted molar refractivity (Wildman–Crippen MR) is 111 cm³/mol. The van der Waals surface area contributed by atoms with Crippen LogP contribution in [0.15, 0.2) is 76.3 Å². The van der Waals surface area contributed by atoms with E-state index in [2.05, 4.69) is 26.5 Å². The number of benzene rings is 3. The van der Waals surface area contributed by atoms with Gasteiger partial charge in [0.05, 0.1) is 10.7 Å². The molecule has 0 atom stereocenters. The van der Waals surface area contributed by atoms with Gasteiger partial charge in [0.2, 0.25) is 0 Å². The molecule has 4 nitrogen and oxygen atoms in total. The maximum atomic E-state index is 12.9. The topological polar surface area (TPSA) is 50.7 Å². The molecule has 0 aromatic heterocycles. The lowest BCUT2D eigenvalue weighted by Crippen LogP contribution is -2.17. The normalized spacial score (nSPS) is 10.8. The van der Waals surface area contributed by atoms with Crippen LogP contribution in [0.5, 0.6) is 5.75 Å². The fourth-order valence-corrected chi connectivity index (χ4v) is 2.92. The van der Waals surface area contributed by atoms with Gasteiger partial charge in [-0.1, -0.05) is 23.7 Å². The van der Waals surface area contributed by atoms with Crippen molar-refractivity contribution in [2.24, 2.45) is 5.10 Å². The minimum absolute atomic E-state index is 0.281. The number of carbonyl (C=O) groups is 1. The summed E-state index contributed by atoms with van der Waals surface area (Å²) >= 11 is 9.25. The minimum Gasteiger partial charge on any atom is -0.488 e. The molecule has 0 saturated carbocycles. The number of nitrogens with zero attached hydrogens (tertiary/aromatic N) is 1. The number of nitrogens with one attached hydrogen (secondary N) is 1. The second kappa shape index (κ2) is 9.48. The highest BCUT2D eigenvalue weighted by Crippen LogP contribution is 2.26. The number of hydrogen-bond donors (Lipinski definition) is 1. The maximum Gasteiger partial charge on any atom is 0.271 e. The Kier molecular flexibility index (Phi) is 6.79. The summed E-state index contributed by atoms with van der Waals surface area (Å²) in [5.41, 5.74) is 4.57. The van der Waals surface area contributed by atoms with Crippen molar-refractivity contribution in [1.29, 1.82) is 0 Å². The van der Waals surface area contributed by atoms with Crippen LogP contribution in [0.3, 0.4) is 0 Å². The molecule has 142 valence electrons. The Morgan fingerprint density at radius 2 is 1.82 bits per heavy atom. The third kappa shape index (κ3) is 5.65. The Hall–Kier alpha value is -2.70. The summed E-state index contributed by atoms with van der Waals surface area (Å²) in [7, 11) is 0. The third-order valence-corrected chi connectivity index (χ3v) is 4.62. The fraction of sp³-hybridized carbons (Fsp3) is 0.0476. The zero-order valence-electron chi connectivity index (χ0n) is 14.5. The highest BCUT2D eigenvalue weighted by atomic mass is 79.9. The van der Waals surface area contributed by atoms with E-state index in [1.807, 2.05) is 12.1 Å². The average Bonchev–Trinajstić information content (AvgIpc) is 2.69. The van der Waals surface area contributed by atoms with Crippen LogP contribution in [0.2, 0.25) is 5.02 Å². The van der Waals surface area contributed by atoms with E-state index in [9.17, 15) is 9.18 Å². The molecule has 3 rings (SSSR count). The molecule has 0 aliphatic rings. The van der Waals surface area contributed by atoms with Crippen LogP contribution in [0.1, 0.15) is 21.5 Å². The van der Waals surface area contributed by atoms with Crippen molar-refractivity contribution in [2.45, 2.75) is 6.61 Å². The van der Waals surface area contributed by atoms with Crippen molar-refractivity contribution in [3.8, 4) is 5.75 Å². The molecule has 3 aromatic carbocycles. The molecule has 0 saturated heterocycles. The van der Waals surface area contributed by atoms with E-state index in [1.165, 1.54) is 18.3 Å². The molecule has 7 heteroatoms. The van der Waals surface area contributed by atoms with Gasteiger partial charge in [0, 0.05) is 10.6 Å². The zero-order valence-corrected chi connectivity index (χ0v) is 16.9. The van der Waals surface area contributed by atoms with Crippen LogP contribution >= 0.6 is 27.5 Å². The summed E-state index contributed by atoms with van der Waals surface area (Å²) in [4.78, 5) is 12.0. The summed E-state index contributed by atoms with van der Waals surface area (Å²) in [5.74, 6) is 0.0367. The largest absolute Gasteiger partial charge is 0.488 e. The fourth-order valence-electron chi connectivity index (χ4n) is 2.29. The van der Waals surface area contributed by atoms with Crippen LogP contribution in [-0.2, 0) is 6.61 Å². The summed E-state index contributed by atoms with van der Waals surface area (Å²) in [6.45, 7) is 0.323. The lowest BCUT2D eigenvalue weighted by atomic mass is 10.2. The molecule has 3 aromatic rings. The van der Waals surface area contributed by atoms with Crippen molar-refractivity contribution < 1.29 is 13.9 Å². The van der Waals surface area contributed by atoms with E-state index in [-0.39, 0.29) is 11.7 Å². The Bertz CT molecular complexity index is 992. The average molecular weight is 462 g/mol. The number of amides is 1. The molecule has 0 bridgehead atoms. The van der Waals surface area contributed by atoms with E-state index in [0.717, 1.165) is 15.6 Å². The number of rotatable bonds is 6. The summed E-state index contributed by atoms with van der Waals surface area (Å²) in [6, 6.07) is 18.1. The Morgan fingerprint density at radius 3 is 2.50 bits per heavy atom. The molecule has 0 aliphatic heterocycles. The number of carbonyl (C=O) groups excluding carboxylic acids is 1. The number of hydrogen-bond acceptors (Lipinski definition) is 3. The SMILES string of the molecule is O=C(N/N=C\c1ccc(OCc2ccc(F)cc2)c(Br)c1)c1ccc(Cl)cc1. The van der Waals surface area contributed by atoms with Gasteiger partial charge in [0.15, 0.2) is 0 Å². The van der Waals surface area contributed by atoms with Gasteiger partial charge in [-0.15, -0.1) is 0 Å². The van der Waals surface area contributed by atoms with Gasteiger partial charge >= 0.3 is 0 Å². The monoisotopic (exact) mass is 460 g/mol. The predicted octanol–water partition coefficient (Wildman–Crippen LogP) is 5.58. The van der Waals surface area contributed by atoms with Gasteiger partial charge in [0.1, 0.15) is 18.2 Å². The second-order valence-corrected chi connectivity index (χ2v) is 7.10. The third-order valence-electron chi connectivity index (χ3n) is 3.75. The summed E-state index contributed by atoms with van der Waals surface area (Å²) < 4.78 is 19.4. The number of ether oxygens (including phenoxy) is 1. The first-order valence-corrected chi connectivity index (χ1v) is 9.44.